The molecule has 4 atom stereocenters. The largest absolute Gasteiger partial charge is 0.373 e. The highest BCUT2D eigenvalue weighted by Crippen LogP contribution is 2.60. The van der Waals surface area contributed by atoms with E-state index in [1.807, 2.05) is 0 Å². The Morgan fingerprint density at radius 1 is 0.821 bits per heavy atom. The van der Waals surface area contributed by atoms with Crippen molar-refractivity contribution < 1.29 is 18.9 Å². The molecule has 0 N–H and O–H groups in total. The van der Waals surface area contributed by atoms with Crippen LogP contribution >= 0.6 is 0 Å². The number of ether oxygens (including phenoxy) is 4. The van der Waals surface area contributed by atoms with Crippen LogP contribution in [0, 0.1) is 10.8 Å². The summed E-state index contributed by atoms with van der Waals surface area (Å²) in [6, 6.07) is 21.1. The van der Waals surface area contributed by atoms with E-state index in [1.165, 1.54) is 27.8 Å². The molecule has 0 spiro atoms. The number of allylic oxidation sites excluding steroid dienone is 2. The van der Waals surface area contributed by atoms with Crippen molar-refractivity contribution in [2.75, 3.05) is 13.9 Å². The molecule has 0 unspecified atom stereocenters. The maximum atomic E-state index is 7.08. The highest BCUT2D eigenvalue weighted by Gasteiger charge is 2.61. The molecule has 3 aliphatic rings. The first-order chi connectivity index (χ1) is 18.8. The molecule has 1 saturated carbocycles. The van der Waals surface area contributed by atoms with Crippen LogP contribution in [0.3, 0.4) is 0 Å². The SMILES string of the molecule is COCO[C@@]12CCC(C)=C(CC[C@@]3(C)C(=CCC[C@@H]3OCc3ccccc3)[C@@H]1OCc1ccccc1)C2(C)C. The lowest BCUT2D eigenvalue weighted by Gasteiger charge is -2.60. The summed E-state index contributed by atoms with van der Waals surface area (Å²) in [5.74, 6) is 0. The summed E-state index contributed by atoms with van der Waals surface area (Å²) in [7, 11) is 1.72. The van der Waals surface area contributed by atoms with Crippen molar-refractivity contribution in [1.29, 1.82) is 0 Å². The van der Waals surface area contributed by atoms with Gasteiger partial charge in [-0.15, -0.1) is 0 Å². The first-order valence-corrected chi connectivity index (χ1v) is 14.7. The monoisotopic (exact) mass is 530 g/mol. The number of methoxy groups -OCH3 is 1. The molecule has 2 bridgehead atoms. The van der Waals surface area contributed by atoms with Gasteiger partial charge >= 0.3 is 0 Å². The maximum absolute atomic E-state index is 7.08. The molecule has 0 saturated heterocycles. The van der Waals surface area contributed by atoms with E-state index in [0.29, 0.717) is 13.2 Å². The lowest BCUT2D eigenvalue weighted by Crippen LogP contribution is -2.63. The Labute approximate surface area is 235 Å². The lowest BCUT2D eigenvalue weighted by atomic mass is 9.52. The van der Waals surface area contributed by atoms with E-state index in [1.54, 1.807) is 7.11 Å². The van der Waals surface area contributed by atoms with Crippen LogP contribution in [0.2, 0.25) is 0 Å². The smallest absolute Gasteiger partial charge is 0.147 e. The summed E-state index contributed by atoms with van der Waals surface area (Å²) in [6.07, 6.45) is 8.38. The van der Waals surface area contributed by atoms with Gasteiger partial charge in [-0.2, -0.15) is 0 Å². The van der Waals surface area contributed by atoms with Gasteiger partial charge < -0.3 is 18.9 Å². The number of hydrogen-bond donors (Lipinski definition) is 0. The molecular weight excluding hydrogens is 484 g/mol. The van der Waals surface area contributed by atoms with Crippen LogP contribution in [-0.4, -0.2) is 31.7 Å². The molecule has 210 valence electrons. The molecule has 0 aliphatic heterocycles. The maximum Gasteiger partial charge on any atom is 0.147 e. The molecule has 0 amide bonds. The molecule has 0 radical (unpaired) electrons. The van der Waals surface area contributed by atoms with Crippen LogP contribution in [0.15, 0.2) is 83.5 Å². The Morgan fingerprint density at radius 3 is 2.10 bits per heavy atom. The van der Waals surface area contributed by atoms with Crippen LogP contribution in [0.5, 0.6) is 0 Å². The van der Waals surface area contributed by atoms with Crippen molar-refractivity contribution in [3.8, 4) is 0 Å². The topological polar surface area (TPSA) is 36.9 Å². The van der Waals surface area contributed by atoms with Crippen LogP contribution in [0.4, 0.5) is 0 Å². The van der Waals surface area contributed by atoms with Gasteiger partial charge in [-0.3, -0.25) is 0 Å². The molecule has 4 nitrogen and oxygen atoms in total. The predicted molar refractivity (Wildman–Crippen MR) is 156 cm³/mol. The summed E-state index contributed by atoms with van der Waals surface area (Å²) in [4.78, 5) is 0. The minimum atomic E-state index is -0.540. The van der Waals surface area contributed by atoms with Crippen LogP contribution in [-0.2, 0) is 32.2 Å². The van der Waals surface area contributed by atoms with E-state index in [4.69, 9.17) is 18.9 Å². The fourth-order valence-electron chi connectivity index (χ4n) is 7.59. The molecule has 5 rings (SSSR count). The van der Waals surface area contributed by atoms with Gasteiger partial charge in [0.05, 0.1) is 19.3 Å². The standard InChI is InChI=1S/C35H46O4/c1-26-19-22-35(39-25-36-5)32(38-24-28-15-10-7-11-16-28)30-17-12-18-31(37-23-27-13-8-6-9-14-27)34(30,4)21-20-29(26)33(35,2)3/h6-11,13-17,31-32H,12,18-25H2,1-5H3/t31-,32-,34-,35-/m0/s1. The van der Waals surface area contributed by atoms with Crippen molar-refractivity contribution in [3.05, 3.63) is 94.6 Å². The van der Waals surface area contributed by atoms with Crippen LogP contribution < -0.4 is 0 Å². The Hall–Kier alpha value is -2.24. The van der Waals surface area contributed by atoms with E-state index >= 15 is 0 Å². The Bertz CT molecular complexity index is 1170. The molecule has 2 aromatic carbocycles. The Morgan fingerprint density at radius 2 is 1.46 bits per heavy atom. The fourth-order valence-corrected chi connectivity index (χ4v) is 7.59. The van der Waals surface area contributed by atoms with Crippen LogP contribution in [0.25, 0.3) is 0 Å². The predicted octanol–water partition coefficient (Wildman–Crippen LogP) is 8.17. The summed E-state index contributed by atoms with van der Waals surface area (Å²) < 4.78 is 26.3. The van der Waals surface area contributed by atoms with E-state index in [2.05, 4.69) is 94.4 Å². The summed E-state index contributed by atoms with van der Waals surface area (Å²) in [5.41, 5.74) is 5.88. The summed E-state index contributed by atoms with van der Waals surface area (Å²) in [5, 5.41) is 0. The number of hydrogen-bond acceptors (Lipinski definition) is 4. The number of benzene rings is 2. The van der Waals surface area contributed by atoms with Crippen molar-refractivity contribution in [1.82, 2.24) is 0 Å². The van der Waals surface area contributed by atoms with E-state index < -0.39 is 5.60 Å². The Balaban J connectivity index is 1.57. The quantitative estimate of drug-likeness (QED) is 0.242. The van der Waals surface area contributed by atoms with Gasteiger partial charge in [0.25, 0.3) is 0 Å². The summed E-state index contributed by atoms with van der Waals surface area (Å²) >= 11 is 0. The molecule has 4 heteroatoms. The van der Waals surface area contributed by atoms with E-state index in [0.717, 1.165) is 38.5 Å². The second kappa shape index (κ2) is 11.7. The Kier molecular flexibility index (Phi) is 8.49. The van der Waals surface area contributed by atoms with Crippen molar-refractivity contribution >= 4 is 0 Å². The van der Waals surface area contributed by atoms with Crippen molar-refractivity contribution in [2.24, 2.45) is 10.8 Å². The zero-order valence-electron chi connectivity index (χ0n) is 24.5. The van der Waals surface area contributed by atoms with Crippen LogP contribution in [0.1, 0.15) is 77.3 Å². The third-order valence-electron chi connectivity index (χ3n) is 9.95. The zero-order valence-corrected chi connectivity index (χ0v) is 24.5. The molecule has 2 aromatic rings. The normalized spacial score (nSPS) is 30.2. The highest BCUT2D eigenvalue weighted by molar-refractivity contribution is 5.39. The van der Waals surface area contributed by atoms with Crippen molar-refractivity contribution in [2.45, 2.75) is 97.2 Å². The summed E-state index contributed by atoms with van der Waals surface area (Å²) in [6.45, 7) is 10.9. The van der Waals surface area contributed by atoms with Gasteiger partial charge in [0.1, 0.15) is 18.5 Å². The minimum Gasteiger partial charge on any atom is -0.373 e. The third kappa shape index (κ3) is 5.29. The van der Waals surface area contributed by atoms with Gasteiger partial charge in [0.2, 0.25) is 0 Å². The average Bonchev–Trinajstić information content (AvgIpc) is 2.94. The van der Waals surface area contributed by atoms with E-state index in [9.17, 15) is 0 Å². The lowest BCUT2D eigenvalue weighted by molar-refractivity contribution is -0.235. The van der Waals surface area contributed by atoms with Crippen molar-refractivity contribution in [3.63, 3.8) is 0 Å². The van der Waals surface area contributed by atoms with Gasteiger partial charge in [0, 0.05) is 17.9 Å². The molecule has 3 aliphatic carbocycles. The molecule has 1 fully saturated rings. The zero-order chi connectivity index (χ0) is 27.5. The second-order valence-corrected chi connectivity index (χ2v) is 12.4. The average molecular weight is 531 g/mol. The third-order valence-corrected chi connectivity index (χ3v) is 9.95. The van der Waals surface area contributed by atoms with Gasteiger partial charge in [-0.25, -0.2) is 0 Å². The van der Waals surface area contributed by atoms with Gasteiger partial charge in [-0.05, 0) is 62.1 Å². The number of fused-ring (bicyclic) bond motifs is 3. The molecule has 39 heavy (non-hydrogen) atoms. The molecule has 0 heterocycles. The minimum absolute atomic E-state index is 0.114. The van der Waals surface area contributed by atoms with Gasteiger partial charge in [0.15, 0.2) is 0 Å². The molecular formula is C35H46O4. The first kappa shape index (κ1) is 28.3. The van der Waals surface area contributed by atoms with Gasteiger partial charge in [-0.1, -0.05) is 98.7 Å². The highest BCUT2D eigenvalue weighted by atomic mass is 16.7. The first-order valence-electron chi connectivity index (χ1n) is 14.7. The second-order valence-electron chi connectivity index (χ2n) is 12.4. The molecule has 0 aromatic heterocycles. The van der Waals surface area contributed by atoms with E-state index in [-0.39, 0.29) is 29.8 Å². The number of rotatable bonds is 9. The fraction of sp³-hybridized carbons (Fsp3) is 0.543.